The number of pyridine rings is 1. The lowest BCUT2D eigenvalue weighted by molar-refractivity contribution is 0.557. The van der Waals surface area contributed by atoms with Crippen LogP contribution in [0, 0.1) is 0 Å². The minimum atomic E-state index is 0.796. The van der Waals surface area contributed by atoms with E-state index in [0.717, 1.165) is 34.2 Å². The van der Waals surface area contributed by atoms with E-state index in [2.05, 4.69) is 37.9 Å². The minimum Gasteiger partial charge on any atom is -0.398 e. The summed E-state index contributed by atoms with van der Waals surface area (Å²) in [6, 6.07) is 6.19. The number of nitrogens with zero attached hydrogens (tertiary/aromatic N) is 2. The van der Waals surface area contributed by atoms with E-state index in [4.69, 9.17) is 5.73 Å². The molecule has 106 valence electrons. The van der Waals surface area contributed by atoms with Gasteiger partial charge in [0.25, 0.3) is 0 Å². The zero-order chi connectivity index (χ0) is 13.9. The zero-order valence-corrected chi connectivity index (χ0v) is 13.2. The van der Waals surface area contributed by atoms with Gasteiger partial charge >= 0.3 is 0 Å². The molecule has 0 spiro atoms. The lowest BCUT2D eigenvalue weighted by Gasteiger charge is -2.27. The highest BCUT2D eigenvalue weighted by Gasteiger charge is 2.14. The molecule has 20 heavy (non-hydrogen) atoms. The lowest BCUT2D eigenvalue weighted by atomic mass is 10.1. The monoisotopic (exact) mass is 333 g/mol. The first-order valence-corrected chi connectivity index (χ1v) is 8.14. The van der Waals surface area contributed by atoms with Gasteiger partial charge in [-0.05, 0) is 47.0 Å². The van der Waals surface area contributed by atoms with Crippen LogP contribution in [0.15, 0.2) is 28.9 Å². The summed E-state index contributed by atoms with van der Waals surface area (Å²) in [4.78, 5) is 7.08. The van der Waals surface area contributed by atoms with E-state index in [9.17, 15) is 0 Å². The van der Waals surface area contributed by atoms with Crippen LogP contribution < -0.4 is 10.6 Å². The Hall–Kier alpha value is -1.29. The Morgan fingerprint density at radius 1 is 1.05 bits per heavy atom. The second kappa shape index (κ2) is 6.00. The Labute approximate surface area is 128 Å². The first-order valence-electron chi connectivity index (χ1n) is 7.34. The van der Waals surface area contributed by atoms with Gasteiger partial charge in [-0.2, -0.15) is 0 Å². The number of halogens is 1. The van der Waals surface area contributed by atoms with Gasteiger partial charge in [0.05, 0.1) is 11.2 Å². The van der Waals surface area contributed by atoms with Crippen molar-refractivity contribution in [3.63, 3.8) is 0 Å². The van der Waals surface area contributed by atoms with Crippen LogP contribution in [0.4, 0.5) is 11.4 Å². The molecule has 2 aromatic rings. The fourth-order valence-electron chi connectivity index (χ4n) is 2.94. The molecule has 0 radical (unpaired) electrons. The van der Waals surface area contributed by atoms with Crippen LogP contribution in [0.2, 0.25) is 0 Å². The molecule has 1 aliphatic rings. The third-order valence-electron chi connectivity index (χ3n) is 4.03. The van der Waals surface area contributed by atoms with Crippen molar-refractivity contribution in [1.82, 2.24) is 4.98 Å². The standard InChI is InChI=1S/C16H20BrN3/c17-12-10-13-14(18)6-7-15(16(13)19-11-12)20-8-4-2-1-3-5-9-20/h6-7,10-11H,1-5,8-9,18H2. The van der Waals surface area contributed by atoms with Gasteiger partial charge in [-0.25, -0.2) is 0 Å². The Morgan fingerprint density at radius 3 is 2.50 bits per heavy atom. The first kappa shape index (κ1) is 13.7. The predicted octanol–water partition coefficient (Wildman–Crippen LogP) is 4.35. The van der Waals surface area contributed by atoms with Crippen molar-refractivity contribution in [2.24, 2.45) is 0 Å². The number of hydrogen-bond donors (Lipinski definition) is 1. The summed E-state index contributed by atoms with van der Waals surface area (Å²) in [6.07, 6.45) is 8.44. The second-order valence-corrected chi connectivity index (χ2v) is 6.39. The summed E-state index contributed by atoms with van der Waals surface area (Å²) in [7, 11) is 0. The van der Waals surface area contributed by atoms with Crippen LogP contribution >= 0.6 is 15.9 Å². The largest absolute Gasteiger partial charge is 0.398 e. The summed E-state index contributed by atoms with van der Waals surface area (Å²) in [6.45, 7) is 2.24. The maximum Gasteiger partial charge on any atom is 0.0956 e. The molecule has 1 saturated heterocycles. The number of hydrogen-bond acceptors (Lipinski definition) is 3. The molecule has 2 heterocycles. The molecule has 1 aromatic heterocycles. The molecule has 2 N–H and O–H groups in total. The second-order valence-electron chi connectivity index (χ2n) is 5.48. The number of rotatable bonds is 1. The van der Waals surface area contributed by atoms with E-state index >= 15 is 0 Å². The van der Waals surface area contributed by atoms with Gasteiger partial charge in [0.2, 0.25) is 0 Å². The van der Waals surface area contributed by atoms with Gasteiger partial charge in [-0.3, -0.25) is 4.98 Å². The summed E-state index contributed by atoms with van der Waals surface area (Å²) in [5.74, 6) is 0. The molecule has 0 atom stereocenters. The van der Waals surface area contributed by atoms with E-state index in [1.807, 2.05) is 12.3 Å². The highest BCUT2D eigenvalue weighted by atomic mass is 79.9. The smallest absolute Gasteiger partial charge is 0.0956 e. The van der Waals surface area contributed by atoms with Crippen molar-refractivity contribution >= 4 is 38.2 Å². The van der Waals surface area contributed by atoms with Crippen LogP contribution in [-0.2, 0) is 0 Å². The average molecular weight is 334 g/mol. The number of anilines is 2. The van der Waals surface area contributed by atoms with Crippen LogP contribution in [0.1, 0.15) is 32.1 Å². The molecular formula is C16H20BrN3. The third-order valence-corrected chi connectivity index (χ3v) is 4.46. The van der Waals surface area contributed by atoms with Crippen molar-refractivity contribution in [3.05, 3.63) is 28.9 Å². The quantitative estimate of drug-likeness (QED) is 0.789. The SMILES string of the molecule is Nc1ccc(N2CCCCCCC2)c2ncc(Br)cc12. The number of nitrogen functional groups attached to an aromatic ring is 1. The molecule has 0 unspecified atom stereocenters. The molecule has 0 aliphatic carbocycles. The van der Waals surface area contributed by atoms with Crippen LogP contribution in [0.3, 0.4) is 0 Å². The summed E-state index contributed by atoms with van der Waals surface area (Å²) < 4.78 is 0.974. The van der Waals surface area contributed by atoms with Gasteiger partial charge in [-0.15, -0.1) is 0 Å². The van der Waals surface area contributed by atoms with Crippen LogP contribution in [-0.4, -0.2) is 18.1 Å². The molecule has 3 nitrogen and oxygen atoms in total. The molecular weight excluding hydrogens is 314 g/mol. The van der Waals surface area contributed by atoms with Crippen LogP contribution in [0.25, 0.3) is 10.9 Å². The Kier molecular flexibility index (Phi) is 4.10. The molecule has 4 heteroatoms. The lowest BCUT2D eigenvalue weighted by Crippen LogP contribution is -2.27. The van der Waals surface area contributed by atoms with Gasteiger partial charge < -0.3 is 10.6 Å². The average Bonchev–Trinajstić information content (AvgIpc) is 2.40. The van der Waals surface area contributed by atoms with Crippen molar-refractivity contribution < 1.29 is 0 Å². The topological polar surface area (TPSA) is 42.1 Å². The van der Waals surface area contributed by atoms with Gasteiger partial charge in [0, 0.05) is 34.8 Å². The minimum absolute atomic E-state index is 0.796. The third kappa shape index (κ3) is 2.75. The van der Waals surface area contributed by atoms with Gasteiger partial charge in [0.15, 0.2) is 0 Å². The fourth-order valence-corrected chi connectivity index (χ4v) is 3.28. The molecule has 0 amide bonds. The van der Waals surface area contributed by atoms with Crippen molar-refractivity contribution in [2.45, 2.75) is 32.1 Å². The highest BCUT2D eigenvalue weighted by molar-refractivity contribution is 9.10. The number of fused-ring (bicyclic) bond motifs is 1. The summed E-state index contributed by atoms with van der Waals surface area (Å²) in [5.41, 5.74) is 9.14. The fraction of sp³-hybridized carbons (Fsp3) is 0.438. The molecule has 3 rings (SSSR count). The molecule has 1 aliphatic heterocycles. The van der Waals surface area contributed by atoms with E-state index in [-0.39, 0.29) is 0 Å². The zero-order valence-electron chi connectivity index (χ0n) is 11.6. The summed E-state index contributed by atoms with van der Waals surface area (Å²) in [5, 5.41) is 1.04. The van der Waals surface area contributed by atoms with E-state index in [1.54, 1.807) is 0 Å². The molecule has 1 fully saturated rings. The highest BCUT2D eigenvalue weighted by Crippen LogP contribution is 2.32. The van der Waals surface area contributed by atoms with Gasteiger partial charge in [-0.1, -0.05) is 19.3 Å². The van der Waals surface area contributed by atoms with E-state index in [0.29, 0.717) is 0 Å². The Balaban J connectivity index is 2.04. The van der Waals surface area contributed by atoms with Crippen molar-refractivity contribution in [3.8, 4) is 0 Å². The Bertz CT molecular complexity index is 604. The molecule has 0 saturated carbocycles. The number of aromatic nitrogens is 1. The van der Waals surface area contributed by atoms with E-state index in [1.165, 1.54) is 37.8 Å². The number of benzene rings is 1. The normalized spacial score (nSPS) is 16.9. The van der Waals surface area contributed by atoms with E-state index < -0.39 is 0 Å². The molecule has 0 bridgehead atoms. The van der Waals surface area contributed by atoms with Gasteiger partial charge in [0.1, 0.15) is 0 Å². The molecule has 1 aromatic carbocycles. The predicted molar refractivity (Wildman–Crippen MR) is 89.2 cm³/mol. The first-order chi connectivity index (χ1) is 9.75. The van der Waals surface area contributed by atoms with Crippen LogP contribution in [0.5, 0.6) is 0 Å². The number of nitrogens with two attached hydrogens (primary N) is 1. The van der Waals surface area contributed by atoms with Crippen molar-refractivity contribution in [2.75, 3.05) is 23.7 Å². The Morgan fingerprint density at radius 2 is 1.75 bits per heavy atom. The summed E-state index contributed by atoms with van der Waals surface area (Å²) >= 11 is 3.48. The van der Waals surface area contributed by atoms with Crippen molar-refractivity contribution in [1.29, 1.82) is 0 Å². The maximum atomic E-state index is 6.10. The maximum absolute atomic E-state index is 6.10.